The molecule has 1 N–H and O–H groups in total. The summed E-state index contributed by atoms with van der Waals surface area (Å²) in [6.45, 7) is 3.65. The second kappa shape index (κ2) is 7.67. The molecule has 4 aromatic rings. The Morgan fingerprint density at radius 1 is 1.19 bits per heavy atom. The fourth-order valence-electron chi connectivity index (χ4n) is 3.62. The zero-order chi connectivity index (χ0) is 22.4. The van der Waals surface area contributed by atoms with Gasteiger partial charge in [0.25, 0.3) is 5.91 Å². The largest absolute Gasteiger partial charge is 0.313 e. The van der Waals surface area contributed by atoms with Crippen molar-refractivity contribution in [2.75, 3.05) is 5.32 Å². The highest BCUT2D eigenvalue weighted by Gasteiger charge is 2.26. The van der Waals surface area contributed by atoms with Gasteiger partial charge in [0.1, 0.15) is 23.2 Å². The minimum Gasteiger partial charge on any atom is -0.313 e. The Labute approximate surface area is 184 Å². The van der Waals surface area contributed by atoms with Crippen LogP contribution in [-0.2, 0) is 7.05 Å². The zero-order valence-electron chi connectivity index (χ0n) is 18.0. The number of pyridine rings is 1. The maximum Gasteiger partial charge on any atom is 0.259 e. The van der Waals surface area contributed by atoms with E-state index in [0.717, 1.165) is 29.9 Å². The van der Waals surface area contributed by atoms with E-state index in [1.807, 2.05) is 31.7 Å². The molecule has 1 aromatic carbocycles. The van der Waals surface area contributed by atoms with E-state index in [1.165, 1.54) is 6.07 Å². The van der Waals surface area contributed by atoms with E-state index in [-0.39, 0.29) is 5.56 Å². The maximum atomic E-state index is 14.7. The minimum absolute atomic E-state index is 0.0611. The first-order valence-corrected chi connectivity index (χ1v) is 10.4. The molecule has 3 aromatic heterocycles. The van der Waals surface area contributed by atoms with Crippen LogP contribution < -0.4 is 5.32 Å². The Kier molecular flexibility index (Phi) is 4.80. The number of amides is 1. The molecule has 1 saturated carbocycles. The first-order chi connectivity index (χ1) is 15.4. The molecular weight excluding hydrogens is 409 g/mol. The predicted molar refractivity (Wildman–Crippen MR) is 117 cm³/mol. The molecule has 8 nitrogen and oxygen atoms in total. The average Bonchev–Trinajstić information content (AvgIpc) is 3.41. The third-order valence-electron chi connectivity index (χ3n) is 5.72. The van der Waals surface area contributed by atoms with Crippen LogP contribution in [0.1, 0.15) is 46.2 Å². The van der Waals surface area contributed by atoms with Crippen LogP contribution >= 0.6 is 0 Å². The van der Waals surface area contributed by atoms with Gasteiger partial charge >= 0.3 is 0 Å². The summed E-state index contributed by atoms with van der Waals surface area (Å²) in [4.78, 5) is 21.8. The van der Waals surface area contributed by atoms with Gasteiger partial charge in [-0.2, -0.15) is 0 Å². The monoisotopic (exact) mass is 431 g/mol. The number of hydrogen-bond donors (Lipinski definition) is 1. The van der Waals surface area contributed by atoms with Crippen LogP contribution in [-0.4, -0.2) is 35.2 Å². The smallest absolute Gasteiger partial charge is 0.259 e. The van der Waals surface area contributed by atoms with Crippen LogP contribution in [0.5, 0.6) is 0 Å². The van der Waals surface area contributed by atoms with Crippen molar-refractivity contribution in [1.82, 2.24) is 29.3 Å². The van der Waals surface area contributed by atoms with E-state index in [2.05, 4.69) is 25.5 Å². The van der Waals surface area contributed by atoms with Gasteiger partial charge in [0, 0.05) is 19.2 Å². The van der Waals surface area contributed by atoms with Crippen molar-refractivity contribution >= 4 is 11.7 Å². The molecule has 0 saturated heterocycles. The molecule has 0 radical (unpaired) electrons. The van der Waals surface area contributed by atoms with Gasteiger partial charge in [0.15, 0.2) is 5.82 Å². The van der Waals surface area contributed by atoms with Gasteiger partial charge in [-0.3, -0.25) is 4.79 Å². The molecule has 1 aliphatic rings. The van der Waals surface area contributed by atoms with Crippen molar-refractivity contribution in [2.45, 2.75) is 32.6 Å². The second-order valence-corrected chi connectivity index (χ2v) is 8.09. The maximum absolute atomic E-state index is 14.7. The molecule has 162 valence electrons. The molecule has 3 heterocycles. The number of aromatic nitrogens is 6. The fraction of sp³-hybridized carbons (Fsp3) is 0.261. The number of carbonyl (C=O) groups excluding carboxylic acids is 1. The fourth-order valence-corrected chi connectivity index (χ4v) is 3.62. The lowest BCUT2D eigenvalue weighted by Crippen LogP contribution is -2.16. The molecule has 0 unspecified atom stereocenters. The molecule has 0 aliphatic heterocycles. The number of nitrogens with one attached hydrogen (secondary N) is 1. The van der Waals surface area contributed by atoms with E-state index in [9.17, 15) is 9.18 Å². The quantitative estimate of drug-likeness (QED) is 0.517. The van der Waals surface area contributed by atoms with Gasteiger partial charge in [-0.25, -0.2) is 14.4 Å². The van der Waals surface area contributed by atoms with Crippen molar-refractivity contribution in [3.63, 3.8) is 0 Å². The summed E-state index contributed by atoms with van der Waals surface area (Å²) < 4.78 is 18.4. The Morgan fingerprint density at radius 2 is 2.00 bits per heavy atom. The van der Waals surface area contributed by atoms with Crippen molar-refractivity contribution in [2.24, 2.45) is 7.05 Å². The summed E-state index contributed by atoms with van der Waals surface area (Å²) >= 11 is 0. The van der Waals surface area contributed by atoms with E-state index in [0.29, 0.717) is 28.9 Å². The molecule has 32 heavy (non-hydrogen) atoms. The zero-order valence-corrected chi connectivity index (χ0v) is 18.0. The highest BCUT2D eigenvalue weighted by atomic mass is 19.1. The predicted octanol–water partition coefficient (Wildman–Crippen LogP) is 3.95. The number of halogens is 1. The number of anilines is 1. The summed E-state index contributed by atoms with van der Waals surface area (Å²) in [5.74, 6) is 0.962. The SMILES string of the molecule is Cc1cc(F)c(C(=O)Nc2cccc(-c3nnc(C)n3C)n2)cc1-n1cnc(C2CC2)c1. The van der Waals surface area contributed by atoms with Crippen LogP contribution in [0.25, 0.3) is 17.2 Å². The average molecular weight is 431 g/mol. The van der Waals surface area contributed by atoms with E-state index in [1.54, 1.807) is 35.2 Å². The molecule has 5 rings (SSSR count). The lowest BCUT2D eigenvalue weighted by Gasteiger charge is -2.12. The summed E-state index contributed by atoms with van der Waals surface area (Å²) in [5, 5.41) is 10.8. The lowest BCUT2D eigenvalue weighted by atomic mass is 10.1. The first-order valence-electron chi connectivity index (χ1n) is 10.4. The van der Waals surface area contributed by atoms with Gasteiger partial charge in [0.05, 0.1) is 23.3 Å². The van der Waals surface area contributed by atoms with Gasteiger partial charge in [-0.15, -0.1) is 10.2 Å². The van der Waals surface area contributed by atoms with Crippen molar-refractivity contribution < 1.29 is 9.18 Å². The standard InChI is InChI=1S/C23H22FN7O/c1-13-9-17(24)16(10-20(13)31-11-19(25-12-31)15-7-8-15)23(32)27-21-6-4-5-18(26-21)22-29-28-14(2)30(22)3/h4-6,9-12,15H,7-8H2,1-3H3,(H,26,27,32). The van der Waals surface area contributed by atoms with E-state index >= 15 is 0 Å². The number of imidazole rings is 1. The summed E-state index contributed by atoms with van der Waals surface area (Å²) in [6.07, 6.45) is 5.96. The van der Waals surface area contributed by atoms with Gasteiger partial charge in [-0.1, -0.05) is 6.07 Å². The Hall–Kier alpha value is -3.88. The summed E-state index contributed by atoms with van der Waals surface area (Å²) in [6, 6.07) is 8.10. The molecule has 1 amide bonds. The molecule has 1 fully saturated rings. The Bertz CT molecular complexity index is 1340. The topological polar surface area (TPSA) is 90.5 Å². The second-order valence-electron chi connectivity index (χ2n) is 8.09. The molecule has 0 spiro atoms. The number of aryl methyl sites for hydroxylation is 2. The van der Waals surface area contributed by atoms with Gasteiger partial charge < -0.3 is 14.5 Å². The highest BCUT2D eigenvalue weighted by Crippen LogP contribution is 2.39. The third kappa shape index (κ3) is 3.66. The number of nitrogens with zero attached hydrogens (tertiary/aromatic N) is 6. The molecule has 9 heteroatoms. The number of carbonyl (C=O) groups is 1. The molecule has 0 atom stereocenters. The van der Waals surface area contributed by atoms with Crippen LogP contribution in [0.2, 0.25) is 0 Å². The van der Waals surface area contributed by atoms with Crippen molar-refractivity contribution in [3.8, 4) is 17.2 Å². The molecule has 0 bridgehead atoms. The number of benzene rings is 1. The van der Waals surface area contributed by atoms with Crippen molar-refractivity contribution in [1.29, 1.82) is 0 Å². The first kappa shape index (κ1) is 20.0. The molecular formula is C23H22FN7O. The Balaban J connectivity index is 1.43. The molecule has 1 aliphatic carbocycles. The van der Waals surface area contributed by atoms with Crippen molar-refractivity contribution in [3.05, 3.63) is 71.3 Å². The minimum atomic E-state index is -0.591. The van der Waals surface area contributed by atoms with Crippen LogP contribution in [0, 0.1) is 19.7 Å². The van der Waals surface area contributed by atoms with Crippen LogP contribution in [0.3, 0.4) is 0 Å². The van der Waals surface area contributed by atoms with E-state index in [4.69, 9.17) is 0 Å². The highest BCUT2D eigenvalue weighted by molar-refractivity contribution is 6.04. The van der Waals surface area contributed by atoms with E-state index < -0.39 is 11.7 Å². The van der Waals surface area contributed by atoms with Gasteiger partial charge in [0.2, 0.25) is 0 Å². The summed E-state index contributed by atoms with van der Waals surface area (Å²) in [5.41, 5.74) is 2.96. The van der Waals surface area contributed by atoms with Gasteiger partial charge in [-0.05, 0) is 56.5 Å². The number of hydrogen-bond acceptors (Lipinski definition) is 5. The third-order valence-corrected chi connectivity index (χ3v) is 5.72. The number of rotatable bonds is 5. The van der Waals surface area contributed by atoms with Crippen LogP contribution in [0.15, 0.2) is 42.9 Å². The lowest BCUT2D eigenvalue weighted by molar-refractivity contribution is 0.102. The summed E-state index contributed by atoms with van der Waals surface area (Å²) in [7, 11) is 1.84. The normalized spacial score (nSPS) is 13.4. The Morgan fingerprint density at radius 3 is 2.72 bits per heavy atom. The van der Waals surface area contributed by atoms with Crippen LogP contribution in [0.4, 0.5) is 10.2 Å².